The molecule has 1 atom stereocenters. The van der Waals surface area contributed by atoms with Gasteiger partial charge in [0, 0.05) is 30.5 Å². The van der Waals surface area contributed by atoms with E-state index in [1.54, 1.807) is 0 Å². The molecule has 31 heavy (non-hydrogen) atoms. The number of amides is 1. The monoisotopic (exact) mass is 447 g/mol. The molecule has 170 valence electrons. The predicted molar refractivity (Wildman–Crippen MR) is 123 cm³/mol. The van der Waals surface area contributed by atoms with E-state index in [0.29, 0.717) is 17.1 Å². The van der Waals surface area contributed by atoms with Crippen LogP contribution in [0.15, 0.2) is 6.07 Å². The summed E-state index contributed by atoms with van der Waals surface area (Å²) >= 11 is 1.21. The summed E-state index contributed by atoms with van der Waals surface area (Å²) in [6.45, 7) is 9.58. The van der Waals surface area contributed by atoms with Gasteiger partial charge in [0.2, 0.25) is 0 Å². The average Bonchev–Trinajstić information content (AvgIpc) is 3.27. The summed E-state index contributed by atoms with van der Waals surface area (Å²) in [5.41, 5.74) is 0.0649. The molecule has 0 bridgehead atoms. The summed E-state index contributed by atoms with van der Waals surface area (Å²) in [5.74, 6) is 5.31. The number of thiophene rings is 1. The van der Waals surface area contributed by atoms with Gasteiger partial charge in [-0.2, -0.15) is 0 Å². The molecule has 1 aliphatic carbocycles. The number of aromatic carboxylic acids is 1. The summed E-state index contributed by atoms with van der Waals surface area (Å²) in [5, 5.41) is 19.2. The van der Waals surface area contributed by atoms with Crippen molar-refractivity contribution in [2.75, 3.05) is 18.4 Å². The molecule has 0 spiro atoms. The van der Waals surface area contributed by atoms with Crippen molar-refractivity contribution in [1.82, 2.24) is 10.6 Å². The van der Waals surface area contributed by atoms with E-state index in [1.165, 1.54) is 11.3 Å². The second-order valence-electron chi connectivity index (χ2n) is 9.76. The maximum Gasteiger partial charge on any atom is 0.407 e. The Morgan fingerprint density at radius 2 is 1.94 bits per heavy atom. The van der Waals surface area contributed by atoms with E-state index < -0.39 is 11.6 Å². The molecule has 1 aromatic heterocycles. The first-order valence-corrected chi connectivity index (χ1v) is 11.7. The molecule has 1 saturated heterocycles. The first-order chi connectivity index (χ1) is 14.5. The van der Waals surface area contributed by atoms with Crippen molar-refractivity contribution >= 4 is 29.1 Å². The molecule has 1 saturated carbocycles. The van der Waals surface area contributed by atoms with Crippen LogP contribution in [-0.2, 0) is 4.74 Å². The first-order valence-electron chi connectivity index (χ1n) is 10.9. The molecule has 1 unspecified atom stereocenters. The molecule has 8 heteroatoms. The maximum atomic E-state index is 12.2. The highest BCUT2D eigenvalue weighted by Crippen LogP contribution is 2.31. The zero-order valence-corrected chi connectivity index (χ0v) is 19.6. The van der Waals surface area contributed by atoms with Gasteiger partial charge in [-0.25, -0.2) is 9.59 Å². The first kappa shape index (κ1) is 23.4. The van der Waals surface area contributed by atoms with Gasteiger partial charge in [-0.1, -0.05) is 11.8 Å². The average molecular weight is 448 g/mol. The number of alkyl carbamates (subject to hydrolysis) is 1. The second kappa shape index (κ2) is 9.49. The Labute approximate surface area is 188 Å². The number of anilines is 1. The minimum atomic E-state index is -0.940. The van der Waals surface area contributed by atoms with Gasteiger partial charge >= 0.3 is 12.1 Å². The van der Waals surface area contributed by atoms with Gasteiger partial charge in [-0.3, -0.25) is 0 Å². The quantitative estimate of drug-likeness (QED) is 0.508. The van der Waals surface area contributed by atoms with E-state index in [9.17, 15) is 14.7 Å². The van der Waals surface area contributed by atoms with Crippen molar-refractivity contribution in [3.8, 4) is 11.8 Å². The highest BCUT2D eigenvalue weighted by Gasteiger charge is 2.33. The number of rotatable bonds is 5. The lowest BCUT2D eigenvalue weighted by atomic mass is 9.91. The number of carboxylic acids is 1. The molecule has 2 fully saturated rings. The van der Waals surface area contributed by atoms with Crippen LogP contribution in [0.4, 0.5) is 10.5 Å². The smallest absolute Gasteiger partial charge is 0.407 e. The predicted octanol–water partition coefficient (Wildman–Crippen LogP) is 4.05. The third kappa shape index (κ3) is 6.88. The molecule has 0 radical (unpaired) electrons. The van der Waals surface area contributed by atoms with Crippen LogP contribution < -0.4 is 16.0 Å². The van der Waals surface area contributed by atoms with E-state index in [0.717, 1.165) is 43.5 Å². The van der Waals surface area contributed by atoms with Crippen LogP contribution in [0.3, 0.4) is 0 Å². The largest absolute Gasteiger partial charge is 0.477 e. The molecule has 2 aliphatic rings. The highest BCUT2D eigenvalue weighted by atomic mass is 32.1. The number of carbonyl (C=O) groups excluding carboxylic acids is 1. The van der Waals surface area contributed by atoms with E-state index in [2.05, 4.69) is 27.8 Å². The lowest BCUT2D eigenvalue weighted by Crippen LogP contribution is -2.44. The Hall–Kier alpha value is -2.24. The van der Waals surface area contributed by atoms with Crippen molar-refractivity contribution in [3.05, 3.63) is 15.8 Å². The van der Waals surface area contributed by atoms with Crippen molar-refractivity contribution in [2.45, 2.75) is 77.5 Å². The molecule has 3 rings (SSSR count). The van der Waals surface area contributed by atoms with E-state index >= 15 is 0 Å². The Bertz CT molecular complexity index is 864. The Morgan fingerprint density at radius 3 is 2.52 bits per heavy atom. The Morgan fingerprint density at radius 1 is 1.26 bits per heavy atom. The van der Waals surface area contributed by atoms with Crippen molar-refractivity contribution < 1.29 is 19.4 Å². The minimum absolute atomic E-state index is 0.0816. The van der Waals surface area contributed by atoms with Crippen LogP contribution in [-0.4, -0.2) is 47.9 Å². The summed E-state index contributed by atoms with van der Waals surface area (Å²) in [4.78, 5) is 25.0. The van der Waals surface area contributed by atoms with E-state index in [-0.39, 0.29) is 23.6 Å². The highest BCUT2D eigenvalue weighted by molar-refractivity contribution is 7.15. The maximum absolute atomic E-state index is 12.2. The van der Waals surface area contributed by atoms with E-state index in [1.807, 2.05) is 33.8 Å². The van der Waals surface area contributed by atoms with Crippen LogP contribution in [0.5, 0.6) is 0 Å². The minimum Gasteiger partial charge on any atom is -0.477 e. The summed E-state index contributed by atoms with van der Waals surface area (Å²) in [6.07, 6.45) is 3.82. The zero-order chi connectivity index (χ0) is 22.6. The fraction of sp³-hybridized carbons (Fsp3) is 0.652. The van der Waals surface area contributed by atoms with Gasteiger partial charge in [-0.05, 0) is 66.0 Å². The molecule has 1 aliphatic heterocycles. The molecular weight excluding hydrogens is 414 g/mol. The molecule has 1 aromatic rings. The standard InChI is InChI=1S/C23H33N3O4S/c1-22(2,3)10-9-17-13-18(19(31-17)20(27)28)25-15-5-7-16(8-6-15)26-21(29)30-23(4)11-12-24-14-23/h13,15-16,24-25H,5-8,11-12,14H2,1-4H3,(H,26,29)(H,27,28). The number of ether oxygens (including phenoxy) is 1. The molecule has 1 amide bonds. The Kier molecular flexibility index (Phi) is 7.17. The summed E-state index contributed by atoms with van der Waals surface area (Å²) < 4.78 is 5.61. The normalized spacial score (nSPS) is 25.9. The van der Waals surface area contributed by atoms with Crippen LogP contribution >= 0.6 is 11.3 Å². The number of hydrogen-bond acceptors (Lipinski definition) is 6. The number of carbonyl (C=O) groups is 2. The molecule has 7 nitrogen and oxygen atoms in total. The van der Waals surface area contributed by atoms with Gasteiger partial charge in [0.1, 0.15) is 10.5 Å². The fourth-order valence-electron chi connectivity index (χ4n) is 3.87. The van der Waals surface area contributed by atoms with Gasteiger partial charge in [-0.15, -0.1) is 11.3 Å². The van der Waals surface area contributed by atoms with Crippen molar-refractivity contribution in [1.29, 1.82) is 0 Å². The lowest BCUT2D eigenvalue weighted by molar-refractivity contribution is 0.0368. The second-order valence-corrected chi connectivity index (χ2v) is 10.8. The van der Waals surface area contributed by atoms with Crippen LogP contribution in [0.2, 0.25) is 0 Å². The van der Waals surface area contributed by atoms with E-state index in [4.69, 9.17) is 4.74 Å². The van der Waals surface area contributed by atoms with Gasteiger partial charge in [0.25, 0.3) is 0 Å². The van der Waals surface area contributed by atoms with Crippen LogP contribution in [0.25, 0.3) is 0 Å². The fourth-order valence-corrected chi connectivity index (χ4v) is 4.68. The molecular formula is C23H33N3O4S. The van der Waals surface area contributed by atoms with Gasteiger partial charge < -0.3 is 25.8 Å². The SMILES string of the molecule is CC(C)(C)C#Cc1cc(NC2CCC(NC(=O)OC3(C)CCNC3)CC2)c(C(=O)O)s1. The third-order valence-corrected chi connectivity index (χ3v) is 6.60. The topological polar surface area (TPSA) is 99.7 Å². The van der Waals surface area contributed by atoms with Crippen molar-refractivity contribution in [2.24, 2.45) is 5.41 Å². The van der Waals surface area contributed by atoms with Crippen molar-refractivity contribution in [3.63, 3.8) is 0 Å². The lowest BCUT2D eigenvalue weighted by Gasteiger charge is -2.31. The molecule has 2 heterocycles. The van der Waals surface area contributed by atoms with Crippen LogP contribution in [0, 0.1) is 17.3 Å². The number of hydrogen-bond donors (Lipinski definition) is 4. The number of nitrogens with one attached hydrogen (secondary N) is 3. The van der Waals surface area contributed by atoms with Crippen LogP contribution in [0.1, 0.15) is 74.3 Å². The Balaban J connectivity index is 1.53. The third-order valence-electron chi connectivity index (χ3n) is 5.56. The number of carboxylic acid groups (broad SMARTS) is 1. The summed E-state index contributed by atoms with van der Waals surface area (Å²) in [6, 6.07) is 2.09. The van der Waals surface area contributed by atoms with Gasteiger partial charge in [0.05, 0.1) is 10.6 Å². The van der Waals surface area contributed by atoms with Gasteiger partial charge in [0.15, 0.2) is 0 Å². The summed E-state index contributed by atoms with van der Waals surface area (Å²) in [7, 11) is 0. The zero-order valence-electron chi connectivity index (χ0n) is 18.8. The molecule has 4 N–H and O–H groups in total. The molecule has 0 aromatic carbocycles.